The number of nitrogens with two attached hydrogens (primary N) is 1. The van der Waals surface area contributed by atoms with E-state index in [-0.39, 0.29) is 45.6 Å². The Hall–Kier alpha value is -1.63. The van der Waals surface area contributed by atoms with Gasteiger partial charge in [0.05, 0.1) is 39.1 Å². The van der Waals surface area contributed by atoms with Gasteiger partial charge in [0.1, 0.15) is 0 Å². The van der Waals surface area contributed by atoms with Gasteiger partial charge in [-0.15, -0.1) is 0 Å². The average Bonchev–Trinajstić information content (AvgIpc) is 2.39. The maximum Gasteiger partial charge on any atom is 0.306 e. The van der Waals surface area contributed by atoms with E-state index in [0.29, 0.717) is 0 Å². The minimum absolute atomic E-state index is 0.0244. The quantitative estimate of drug-likeness (QED) is 0.470. The molecule has 0 rings (SSSR count). The van der Waals surface area contributed by atoms with Gasteiger partial charge in [0.15, 0.2) is 0 Å². The first-order valence-electron chi connectivity index (χ1n) is 7.10. The molecule has 2 N–H and O–H groups in total. The maximum atomic E-state index is 11.7. The molecule has 0 spiro atoms. The summed E-state index contributed by atoms with van der Waals surface area (Å²) in [4.78, 5) is 35.1. The molecule has 0 bridgehead atoms. The lowest BCUT2D eigenvalue weighted by atomic mass is 9.78. The van der Waals surface area contributed by atoms with Crippen molar-refractivity contribution in [3.63, 3.8) is 0 Å². The lowest BCUT2D eigenvalue weighted by molar-refractivity contribution is -0.153. The summed E-state index contributed by atoms with van der Waals surface area (Å²) in [5, 5.41) is 0. The van der Waals surface area contributed by atoms with E-state index >= 15 is 0 Å². The molecular weight excluding hydrogens is 278 g/mol. The second-order valence-corrected chi connectivity index (χ2v) is 4.65. The first kappa shape index (κ1) is 19.4. The smallest absolute Gasteiger partial charge is 0.306 e. The number of ether oxygens (including phenoxy) is 3. The first-order chi connectivity index (χ1) is 9.92. The molecule has 0 atom stereocenters. The van der Waals surface area contributed by atoms with Crippen LogP contribution in [0, 0.1) is 5.41 Å². The van der Waals surface area contributed by atoms with Crippen molar-refractivity contribution in [2.75, 3.05) is 26.4 Å². The Kier molecular flexibility index (Phi) is 9.36. The Bertz CT molecular complexity index is 305. The van der Waals surface area contributed by atoms with Gasteiger partial charge < -0.3 is 19.9 Å². The summed E-state index contributed by atoms with van der Waals surface area (Å²) in [5.74, 6) is -1.51. The van der Waals surface area contributed by atoms with E-state index in [4.69, 9.17) is 19.9 Å². The highest BCUT2D eigenvalue weighted by Gasteiger charge is 2.38. The third-order valence-electron chi connectivity index (χ3n) is 2.91. The zero-order valence-corrected chi connectivity index (χ0v) is 13.0. The van der Waals surface area contributed by atoms with Crippen LogP contribution in [0.15, 0.2) is 0 Å². The minimum Gasteiger partial charge on any atom is -0.466 e. The molecule has 21 heavy (non-hydrogen) atoms. The van der Waals surface area contributed by atoms with Crippen LogP contribution in [0.2, 0.25) is 0 Å². The molecule has 0 aromatic carbocycles. The van der Waals surface area contributed by atoms with E-state index in [0.717, 1.165) is 0 Å². The second kappa shape index (κ2) is 10.1. The molecular formula is C14H25NO6. The van der Waals surface area contributed by atoms with Crippen LogP contribution in [0.5, 0.6) is 0 Å². The van der Waals surface area contributed by atoms with Crippen molar-refractivity contribution < 1.29 is 28.6 Å². The van der Waals surface area contributed by atoms with Crippen molar-refractivity contribution in [1.29, 1.82) is 0 Å². The van der Waals surface area contributed by atoms with Crippen molar-refractivity contribution >= 4 is 17.9 Å². The third kappa shape index (κ3) is 7.65. The van der Waals surface area contributed by atoms with E-state index in [2.05, 4.69) is 0 Å². The zero-order valence-electron chi connectivity index (χ0n) is 13.0. The summed E-state index contributed by atoms with van der Waals surface area (Å²) in [6.45, 7) is 5.68. The molecule has 0 saturated heterocycles. The van der Waals surface area contributed by atoms with Gasteiger partial charge >= 0.3 is 17.9 Å². The SMILES string of the molecule is CCOC(=O)CC(CN)(CC(=O)OCC)CC(=O)OCC. The fourth-order valence-electron chi connectivity index (χ4n) is 1.96. The van der Waals surface area contributed by atoms with Crippen LogP contribution in [0.3, 0.4) is 0 Å². The van der Waals surface area contributed by atoms with Gasteiger partial charge in [0.2, 0.25) is 0 Å². The molecule has 0 aliphatic heterocycles. The second-order valence-electron chi connectivity index (χ2n) is 4.65. The van der Waals surface area contributed by atoms with E-state index in [1.54, 1.807) is 20.8 Å². The topological polar surface area (TPSA) is 105 Å². The highest BCUT2D eigenvalue weighted by molar-refractivity contribution is 5.78. The Morgan fingerprint density at radius 2 is 1.05 bits per heavy atom. The predicted molar refractivity (Wildman–Crippen MR) is 75.2 cm³/mol. The molecule has 0 aromatic rings. The van der Waals surface area contributed by atoms with Crippen molar-refractivity contribution in [3.05, 3.63) is 0 Å². The van der Waals surface area contributed by atoms with Gasteiger partial charge in [-0.1, -0.05) is 0 Å². The molecule has 0 saturated carbocycles. The van der Waals surface area contributed by atoms with Crippen molar-refractivity contribution in [3.8, 4) is 0 Å². The van der Waals surface area contributed by atoms with Gasteiger partial charge in [-0.05, 0) is 27.3 Å². The molecule has 0 aromatic heterocycles. The molecule has 0 amide bonds. The summed E-state index contributed by atoms with van der Waals surface area (Å²) in [7, 11) is 0. The van der Waals surface area contributed by atoms with Gasteiger partial charge in [-0.25, -0.2) is 0 Å². The van der Waals surface area contributed by atoms with Crippen LogP contribution < -0.4 is 5.73 Å². The Morgan fingerprint density at radius 3 is 1.24 bits per heavy atom. The van der Waals surface area contributed by atoms with E-state index in [9.17, 15) is 14.4 Å². The normalized spacial score (nSPS) is 10.9. The van der Waals surface area contributed by atoms with Crippen LogP contribution in [0.1, 0.15) is 40.0 Å². The van der Waals surface area contributed by atoms with E-state index in [1.165, 1.54) is 0 Å². The van der Waals surface area contributed by atoms with Crippen LogP contribution >= 0.6 is 0 Å². The Morgan fingerprint density at radius 1 is 0.762 bits per heavy atom. The van der Waals surface area contributed by atoms with Gasteiger partial charge in [-0.2, -0.15) is 0 Å². The number of esters is 3. The van der Waals surface area contributed by atoms with Gasteiger partial charge in [-0.3, -0.25) is 14.4 Å². The van der Waals surface area contributed by atoms with Crippen LogP contribution in [0.4, 0.5) is 0 Å². The van der Waals surface area contributed by atoms with Crippen molar-refractivity contribution in [2.45, 2.75) is 40.0 Å². The highest BCUT2D eigenvalue weighted by atomic mass is 16.5. The number of rotatable bonds is 10. The highest BCUT2D eigenvalue weighted by Crippen LogP contribution is 2.31. The molecule has 0 unspecified atom stereocenters. The van der Waals surface area contributed by atoms with Gasteiger partial charge in [0, 0.05) is 5.41 Å². The lowest BCUT2D eigenvalue weighted by Crippen LogP contribution is -2.38. The number of hydrogen-bond acceptors (Lipinski definition) is 7. The third-order valence-corrected chi connectivity index (χ3v) is 2.91. The molecule has 122 valence electrons. The average molecular weight is 303 g/mol. The molecule has 0 fully saturated rings. The van der Waals surface area contributed by atoms with Crippen LogP contribution in [-0.4, -0.2) is 44.3 Å². The molecule has 0 aliphatic carbocycles. The largest absolute Gasteiger partial charge is 0.466 e. The molecule has 7 nitrogen and oxygen atoms in total. The maximum absolute atomic E-state index is 11.7. The Balaban J connectivity index is 5.02. The summed E-state index contributed by atoms with van der Waals surface area (Å²) < 4.78 is 14.7. The predicted octanol–water partition coefficient (Wildman–Crippen LogP) is 0.791. The van der Waals surface area contributed by atoms with E-state index in [1.807, 2.05) is 0 Å². The minimum atomic E-state index is -1.04. The molecule has 0 radical (unpaired) electrons. The van der Waals surface area contributed by atoms with Crippen molar-refractivity contribution in [2.24, 2.45) is 11.1 Å². The van der Waals surface area contributed by atoms with Crippen molar-refractivity contribution in [1.82, 2.24) is 0 Å². The van der Waals surface area contributed by atoms with Crippen LogP contribution in [0.25, 0.3) is 0 Å². The monoisotopic (exact) mass is 303 g/mol. The summed E-state index contributed by atoms with van der Waals surface area (Å²) >= 11 is 0. The number of carbonyl (C=O) groups is 3. The molecule has 0 heterocycles. The summed E-state index contributed by atoms with van der Waals surface area (Å²) in [6, 6.07) is 0. The van der Waals surface area contributed by atoms with Gasteiger partial charge in [0.25, 0.3) is 0 Å². The fourth-order valence-corrected chi connectivity index (χ4v) is 1.96. The summed E-state index contributed by atoms with van der Waals surface area (Å²) in [6.07, 6.45) is -0.390. The Labute approximate surface area is 125 Å². The van der Waals surface area contributed by atoms with E-state index < -0.39 is 23.3 Å². The standard InChI is InChI=1S/C14H25NO6/c1-4-19-11(16)7-14(10-15,8-12(17)20-5-2)9-13(18)21-6-3/h4-10,15H2,1-3H3. The van der Waals surface area contributed by atoms with Crippen LogP contribution in [-0.2, 0) is 28.6 Å². The zero-order chi connectivity index (χ0) is 16.3. The fraction of sp³-hybridized carbons (Fsp3) is 0.786. The summed E-state index contributed by atoms with van der Waals surface area (Å²) in [5.41, 5.74) is 4.68. The number of carbonyl (C=O) groups excluding carboxylic acids is 3. The lowest BCUT2D eigenvalue weighted by Gasteiger charge is -2.29. The number of hydrogen-bond donors (Lipinski definition) is 1. The molecule has 7 heteroatoms. The molecule has 0 aliphatic rings. The first-order valence-corrected chi connectivity index (χ1v) is 7.10.